The second-order valence-electron chi connectivity index (χ2n) is 13.0. The van der Waals surface area contributed by atoms with Gasteiger partial charge in [-0.25, -0.2) is 4.79 Å². The molecule has 10 nitrogen and oxygen atoms in total. The van der Waals surface area contributed by atoms with Crippen molar-refractivity contribution in [2.75, 3.05) is 23.5 Å². The first kappa shape index (κ1) is 45.3. The average Bonchev–Trinajstić information content (AvgIpc) is 3.00. The maximum Gasteiger partial charge on any atom is 0.326 e. The van der Waals surface area contributed by atoms with E-state index in [0.717, 1.165) is 25.7 Å². The Morgan fingerprint density at radius 1 is 0.729 bits per heavy atom. The van der Waals surface area contributed by atoms with Gasteiger partial charge in [0.25, 0.3) is 0 Å². The van der Waals surface area contributed by atoms with Crippen molar-refractivity contribution in [3.05, 3.63) is 34.9 Å². The van der Waals surface area contributed by atoms with Crippen LogP contribution < -0.4 is 21.3 Å². The SMILES string of the molecule is CC[C@H](C)[C@H](NC(=O)[C@@H](NC(=O)[C@H](CSC/C=C(\C)CC/C=C(\C)CCC=C(C)C)NC(C)=O)C(C)C)C(=O)N[C@H](CCSC)C(=O)O. The normalized spacial score (nSPS) is 15.1. The molecule has 0 aliphatic carbocycles. The second-order valence-corrected chi connectivity index (χ2v) is 15.1. The molecule has 48 heavy (non-hydrogen) atoms. The van der Waals surface area contributed by atoms with E-state index in [1.807, 2.05) is 13.2 Å². The summed E-state index contributed by atoms with van der Waals surface area (Å²) in [5.41, 5.74) is 3.98. The number of carboxylic acids is 1. The molecule has 0 spiro atoms. The standard InChI is InChI=1S/C36H62N4O6S2/c1-11-27(8)32(35(44)38-29(36(45)46)19-20-47-10)40-34(43)31(24(4)5)39-33(42)30(37-28(9)41)22-48-21-18-26(7)17-13-16-25(6)15-12-14-23(2)3/h14,16,18,24,27,29-32H,11-13,15,17,19-22H2,1-10H3,(H,37,41)(H,38,44)(H,39,42)(H,40,43)(H,45,46)/b25-16+,26-18+/t27-,29+,30-,31-,32-/m0/s1. The molecular weight excluding hydrogens is 649 g/mol. The van der Waals surface area contributed by atoms with Gasteiger partial charge in [0, 0.05) is 18.4 Å². The predicted molar refractivity (Wildman–Crippen MR) is 201 cm³/mol. The van der Waals surface area contributed by atoms with E-state index in [2.05, 4.69) is 67.2 Å². The lowest BCUT2D eigenvalue weighted by molar-refractivity contribution is -0.142. The lowest BCUT2D eigenvalue weighted by Gasteiger charge is -2.29. The molecular formula is C36H62N4O6S2. The van der Waals surface area contributed by atoms with E-state index in [9.17, 15) is 29.1 Å². The average molecular weight is 711 g/mol. The molecule has 0 unspecified atom stereocenters. The zero-order valence-corrected chi connectivity index (χ0v) is 32.5. The third-order valence-corrected chi connectivity index (χ3v) is 9.53. The Morgan fingerprint density at radius 3 is 1.81 bits per heavy atom. The van der Waals surface area contributed by atoms with Crippen LogP contribution in [0, 0.1) is 11.8 Å². The molecule has 0 aromatic rings. The van der Waals surface area contributed by atoms with Gasteiger partial charge in [-0.1, -0.05) is 69.1 Å². The molecule has 0 saturated heterocycles. The van der Waals surface area contributed by atoms with Crippen molar-refractivity contribution in [2.24, 2.45) is 11.8 Å². The van der Waals surface area contributed by atoms with Gasteiger partial charge in [0.15, 0.2) is 0 Å². The Hall–Kier alpha value is -2.73. The van der Waals surface area contributed by atoms with E-state index in [4.69, 9.17) is 0 Å². The van der Waals surface area contributed by atoms with Crippen LogP contribution >= 0.6 is 23.5 Å². The summed E-state index contributed by atoms with van der Waals surface area (Å²) in [5, 5.41) is 20.4. The predicted octanol–water partition coefficient (Wildman–Crippen LogP) is 5.64. The smallest absolute Gasteiger partial charge is 0.326 e. The van der Waals surface area contributed by atoms with Crippen LogP contribution in [0.15, 0.2) is 34.9 Å². The van der Waals surface area contributed by atoms with Crippen LogP contribution in [-0.2, 0) is 24.0 Å². The molecule has 12 heteroatoms. The first-order valence-electron chi connectivity index (χ1n) is 17.0. The van der Waals surface area contributed by atoms with Crippen LogP contribution in [0.4, 0.5) is 0 Å². The Morgan fingerprint density at radius 2 is 1.29 bits per heavy atom. The molecule has 0 aliphatic heterocycles. The lowest BCUT2D eigenvalue weighted by atomic mass is 9.96. The van der Waals surface area contributed by atoms with Gasteiger partial charge in [-0.15, -0.1) is 0 Å². The number of hydrogen-bond acceptors (Lipinski definition) is 7. The van der Waals surface area contributed by atoms with Gasteiger partial charge in [0.2, 0.25) is 23.6 Å². The third kappa shape index (κ3) is 19.9. The van der Waals surface area contributed by atoms with E-state index in [0.29, 0.717) is 23.7 Å². The number of carbonyl (C=O) groups is 5. The summed E-state index contributed by atoms with van der Waals surface area (Å²) in [5.74, 6) is -2.20. The summed E-state index contributed by atoms with van der Waals surface area (Å²) in [4.78, 5) is 63.8. The van der Waals surface area contributed by atoms with Crippen molar-refractivity contribution in [3.63, 3.8) is 0 Å². The van der Waals surface area contributed by atoms with Gasteiger partial charge in [-0.3, -0.25) is 19.2 Å². The number of amides is 4. The number of carboxylic acid groups (broad SMARTS) is 1. The minimum absolute atomic E-state index is 0.250. The molecule has 0 saturated carbocycles. The first-order chi connectivity index (χ1) is 22.5. The molecule has 0 aliphatic rings. The van der Waals surface area contributed by atoms with Gasteiger partial charge >= 0.3 is 5.97 Å². The monoisotopic (exact) mass is 710 g/mol. The fourth-order valence-electron chi connectivity index (χ4n) is 4.64. The summed E-state index contributed by atoms with van der Waals surface area (Å²) in [6, 6.07) is -3.91. The third-order valence-electron chi connectivity index (χ3n) is 7.92. The number of thioether (sulfide) groups is 2. The van der Waals surface area contributed by atoms with Crippen molar-refractivity contribution < 1.29 is 29.1 Å². The highest BCUT2D eigenvalue weighted by Gasteiger charge is 2.34. The number of aliphatic carboxylic acids is 1. The Labute approximate surface area is 297 Å². The Kier molecular flexibility index (Phi) is 23.8. The van der Waals surface area contributed by atoms with Crippen LogP contribution in [0.3, 0.4) is 0 Å². The second kappa shape index (κ2) is 25.3. The van der Waals surface area contributed by atoms with E-state index in [1.165, 1.54) is 47.2 Å². The minimum Gasteiger partial charge on any atom is -0.480 e. The number of rotatable bonds is 24. The highest BCUT2D eigenvalue weighted by molar-refractivity contribution is 7.99. The quantitative estimate of drug-likeness (QED) is 0.0638. The van der Waals surface area contributed by atoms with Crippen molar-refractivity contribution in [2.45, 2.75) is 125 Å². The molecule has 0 aromatic heterocycles. The number of hydrogen-bond donors (Lipinski definition) is 5. The van der Waals surface area contributed by atoms with Gasteiger partial charge in [-0.05, 0) is 83.6 Å². The maximum absolute atomic E-state index is 13.5. The van der Waals surface area contributed by atoms with Gasteiger partial charge in [0.05, 0.1) is 0 Å². The van der Waals surface area contributed by atoms with Crippen LogP contribution in [0.2, 0.25) is 0 Å². The fourth-order valence-corrected chi connectivity index (χ4v) is 6.12. The molecule has 4 amide bonds. The number of nitrogens with one attached hydrogen (secondary N) is 4. The van der Waals surface area contributed by atoms with Crippen molar-refractivity contribution in [1.29, 1.82) is 0 Å². The molecule has 274 valence electrons. The zero-order valence-electron chi connectivity index (χ0n) is 30.9. The van der Waals surface area contributed by atoms with Gasteiger partial charge < -0.3 is 26.4 Å². The molecule has 5 atom stereocenters. The minimum atomic E-state index is -1.14. The van der Waals surface area contributed by atoms with E-state index in [-0.39, 0.29) is 24.2 Å². The summed E-state index contributed by atoms with van der Waals surface area (Å²) < 4.78 is 0. The highest BCUT2D eigenvalue weighted by Crippen LogP contribution is 2.15. The molecule has 0 bridgehead atoms. The lowest BCUT2D eigenvalue weighted by Crippen LogP contribution is -2.60. The van der Waals surface area contributed by atoms with E-state index in [1.54, 1.807) is 20.8 Å². The van der Waals surface area contributed by atoms with Crippen LogP contribution in [0.25, 0.3) is 0 Å². The van der Waals surface area contributed by atoms with E-state index < -0.39 is 47.9 Å². The van der Waals surface area contributed by atoms with E-state index >= 15 is 0 Å². The maximum atomic E-state index is 13.5. The van der Waals surface area contributed by atoms with Crippen LogP contribution in [-0.4, -0.2) is 82.4 Å². The van der Waals surface area contributed by atoms with Gasteiger partial charge in [0.1, 0.15) is 24.2 Å². The molecule has 0 radical (unpaired) electrons. The largest absolute Gasteiger partial charge is 0.480 e. The fraction of sp³-hybridized carbons (Fsp3) is 0.694. The molecule has 5 N–H and O–H groups in total. The topological polar surface area (TPSA) is 154 Å². The summed E-state index contributed by atoms with van der Waals surface area (Å²) in [6.07, 6.45) is 13.4. The van der Waals surface area contributed by atoms with Crippen LogP contribution in [0.1, 0.15) is 101 Å². The zero-order chi connectivity index (χ0) is 36.8. The summed E-state index contributed by atoms with van der Waals surface area (Å²) in [6.45, 7) is 17.1. The van der Waals surface area contributed by atoms with Crippen molar-refractivity contribution >= 4 is 53.1 Å². The number of allylic oxidation sites excluding steroid dienone is 5. The first-order valence-corrected chi connectivity index (χ1v) is 19.5. The molecule has 0 aromatic carbocycles. The van der Waals surface area contributed by atoms with Gasteiger partial charge in [-0.2, -0.15) is 23.5 Å². The van der Waals surface area contributed by atoms with Crippen molar-refractivity contribution in [3.8, 4) is 0 Å². The summed E-state index contributed by atoms with van der Waals surface area (Å²) >= 11 is 2.99. The Bertz CT molecular complexity index is 1130. The molecule has 0 heterocycles. The summed E-state index contributed by atoms with van der Waals surface area (Å²) in [7, 11) is 0. The molecule has 0 rings (SSSR count). The highest BCUT2D eigenvalue weighted by atomic mass is 32.2. The van der Waals surface area contributed by atoms with Crippen molar-refractivity contribution in [1.82, 2.24) is 21.3 Å². The number of carbonyl (C=O) groups excluding carboxylic acids is 4. The molecule has 0 fully saturated rings. The Balaban J connectivity index is 5.42. The van der Waals surface area contributed by atoms with Crippen LogP contribution in [0.5, 0.6) is 0 Å².